The average Bonchev–Trinajstić information content (AvgIpc) is 2.42. The molecular formula is C11H11ClN4OS. The number of anilines is 1. The summed E-state index contributed by atoms with van der Waals surface area (Å²) in [6, 6.07) is 7.61. The lowest BCUT2D eigenvalue weighted by Gasteiger charge is -2.05. The number of nitrogens with one attached hydrogen (secondary N) is 1. The second kappa shape index (κ2) is 5.90. The van der Waals surface area contributed by atoms with Gasteiger partial charge in [-0.05, 0) is 24.3 Å². The molecule has 0 aliphatic heterocycles. The fourth-order valence-electron chi connectivity index (χ4n) is 1.25. The summed E-state index contributed by atoms with van der Waals surface area (Å²) < 4.78 is 5.09. The van der Waals surface area contributed by atoms with Crippen LogP contribution in [0.1, 0.15) is 0 Å². The Hall–Kier alpha value is -1.50. The summed E-state index contributed by atoms with van der Waals surface area (Å²) >= 11 is 7.45. The predicted molar refractivity (Wildman–Crippen MR) is 72.0 cm³/mol. The van der Waals surface area contributed by atoms with Gasteiger partial charge in [0.25, 0.3) is 0 Å². The van der Waals surface area contributed by atoms with Crippen LogP contribution in [0.4, 0.5) is 5.95 Å². The molecule has 0 atom stereocenters. The number of nitrogens with two attached hydrogens (primary N) is 1. The average molecular weight is 283 g/mol. The normalized spacial score (nSPS) is 10.2. The minimum Gasteiger partial charge on any atom is -0.497 e. The maximum Gasteiger partial charge on any atom is 0.238 e. The molecule has 1 aromatic carbocycles. The van der Waals surface area contributed by atoms with Gasteiger partial charge in [0.1, 0.15) is 10.8 Å². The van der Waals surface area contributed by atoms with Gasteiger partial charge in [0.05, 0.1) is 18.3 Å². The van der Waals surface area contributed by atoms with Crippen LogP contribution in [0.5, 0.6) is 5.75 Å². The number of rotatable bonds is 4. The number of halogens is 1. The van der Waals surface area contributed by atoms with Crippen molar-refractivity contribution in [2.45, 2.75) is 9.92 Å². The first-order chi connectivity index (χ1) is 8.72. The van der Waals surface area contributed by atoms with E-state index in [1.165, 1.54) is 18.0 Å². The Morgan fingerprint density at radius 2 is 2.06 bits per heavy atom. The van der Waals surface area contributed by atoms with Crippen molar-refractivity contribution < 1.29 is 4.74 Å². The monoisotopic (exact) mass is 282 g/mol. The molecule has 0 aliphatic carbocycles. The van der Waals surface area contributed by atoms with Gasteiger partial charge < -0.3 is 4.74 Å². The predicted octanol–water partition coefficient (Wildman–Crippen LogP) is 2.58. The lowest BCUT2D eigenvalue weighted by molar-refractivity contribution is 0.414. The summed E-state index contributed by atoms with van der Waals surface area (Å²) in [5.74, 6) is 6.39. The van der Waals surface area contributed by atoms with E-state index >= 15 is 0 Å². The molecule has 1 aromatic heterocycles. The first kappa shape index (κ1) is 12.9. The van der Waals surface area contributed by atoms with Crippen LogP contribution in [-0.4, -0.2) is 17.1 Å². The molecule has 0 unspecified atom stereocenters. The van der Waals surface area contributed by atoms with Crippen molar-refractivity contribution in [1.29, 1.82) is 0 Å². The van der Waals surface area contributed by atoms with E-state index in [4.69, 9.17) is 22.2 Å². The van der Waals surface area contributed by atoms with E-state index < -0.39 is 0 Å². The molecule has 0 saturated carbocycles. The highest BCUT2D eigenvalue weighted by Crippen LogP contribution is 2.32. The molecule has 2 aromatic rings. The van der Waals surface area contributed by atoms with Gasteiger partial charge in [0.15, 0.2) is 0 Å². The molecule has 5 nitrogen and oxygen atoms in total. The van der Waals surface area contributed by atoms with E-state index in [1.807, 2.05) is 24.3 Å². The minimum absolute atomic E-state index is 0.329. The van der Waals surface area contributed by atoms with Crippen molar-refractivity contribution in [1.82, 2.24) is 9.97 Å². The van der Waals surface area contributed by atoms with Crippen LogP contribution in [-0.2, 0) is 0 Å². The van der Waals surface area contributed by atoms with E-state index in [0.29, 0.717) is 16.0 Å². The summed E-state index contributed by atoms with van der Waals surface area (Å²) in [5.41, 5.74) is 2.38. The molecule has 94 valence electrons. The Morgan fingerprint density at radius 3 is 2.67 bits per heavy atom. The van der Waals surface area contributed by atoms with Gasteiger partial charge in [-0.15, -0.1) is 0 Å². The topological polar surface area (TPSA) is 73.1 Å². The van der Waals surface area contributed by atoms with Gasteiger partial charge in [-0.25, -0.2) is 15.8 Å². The molecule has 0 spiro atoms. The van der Waals surface area contributed by atoms with Crippen molar-refractivity contribution in [3.63, 3.8) is 0 Å². The summed E-state index contributed by atoms with van der Waals surface area (Å²) in [5, 5.41) is 1.12. The zero-order valence-corrected chi connectivity index (χ0v) is 11.1. The number of nitrogens with zero attached hydrogens (tertiary/aromatic N) is 2. The van der Waals surface area contributed by atoms with Crippen LogP contribution in [0.2, 0.25) is 5.02 Å². The first-order valence-corrected chi connectivity index (χ1v) is 6.23. The maximum atomic E-state index is 6.02. The number of hydrogen-bond acceptors (Lipinski definition) is 6. The number of hydrogen-bond donors (Lipinski definition) is 2. The summed E-state index contributed by atoms with van der Waals surface area (Å²) in [6.45, 7) is 0. The fourth-order valence-corrected chi connectivity index (χ4v) is 2.23. The lowest BCUT2D eigenvalue weighted by atomic mass is 10.3. The van der Waals surface area contributed by atoms with E-state index in [1.54, 1.807) is 7.11 Å². The third kappa shape index (κ3) is 3.04. The zero-order chi connectivity index (χ0) is 13.0. The first-order valence-electron chi connectivity index (χ1n) is 5.04. The molecule has 0 fully saturated rings. The molecule has 0 aliphatic rings. The van der Waals surface area contributed by atoms with Crippen molar-refractivity contribution in [3.05, 3.63) is 35.5 Å². The Balaban J connectivity index is 2.21. The highest BCUT2D eigenvalue weighted by Gasteiger charge is 2.07. The van der Waals surface area contributed by atoms with Gasteiger partial charge >= 0.3 is 0 Å². The number of benzene rings is 1. The lowest BCUT2D eigenvalue weighted by Crippen LogP contribution is -2.10. The second-order valence-corrected chi connectivity index (χ2v) is 4.74. The van der Waals surface area contributed by atoms with E-state index in [0.717, 1.165) is 10.6 Å². The van der Waals surface area contributed by atoms with Crippen LogP contribution in [0.3, 0.4) is 0 Å². The largest absolute Gasteiger partial charge is 0.497 e. The second-order valence-electron chi connectivity index (χ2n) is 3.27. The maximum absolute atomic E-state index is 6.02. The van der Waals surface area contributed by atoms with E-state index in [2.05, 4.69) is 15.4 Å². The molecule has 0 amide bonds. The van der Waals surface area contributed by atoms with Gasteiger partial charge in [0, 0.05) is 4.90 Å². The van der Waals surface area contributed by atoms with Crippen LogP contribution in [0.15, 0.2) is 40.4 Å². The van der Waals surface area contributed by atoms with E-state index in [9.17, 15) is 0 Å². The molecular weight excluding hydrogens is 272 g/mol. The number of methoxy groups -OCH3 is 1. The smallest absolute Gasteiger partial charge is 0.238 e. The molecule has 2 rings (SSSR count). The van der Waals surface area contributed by atoms with Crippen molar-refractivity contribution in [3.8, 4) is 5.75 Å². The SMILES string of the molecule is COc1ccc(Sc2nc(NN)ncc2Cl)cc1. The highest BCUT2D eigenvalue weighted by atomic mass is 35.5. The molecule has 18 heavy (non-hydrogen) atoms. The standard InChI is InChI=1S/C11H11ClN4OS/c1-17-7-2-4-8(5-3-7)18-10-9(12)6-14-11(15-10)16-13/h2-6H,13H2,1H3,(H,14,15,16). The van der Waals surface area contributed by atoms with Crippen LogP contribution in [0.25, 0.3) is 0 Å². The van der Waals surface area contributed by atoms with Crippen molar-refractivity contribution in [2.24, 2.45) is 5.84 Å². The summed E-state index contributed by atoms with van der Waals surface area (Å²) in [4.78, 5) is 9.09. The Labute approximate surface area is 114 Å². The van der Waals surface area contributed by atoms with Gasteiger partial charge in [-0.3, -0.25) is 5.43 Å². The highest BCUT2D eigenvalue weighted by molar-refractivity contribution is 7.99. The fraction of sp³-hybridized carbons (Fsp3) is 0.0909. The molecule has 0 saturated heterocycles. The number of nitrogen functional groups attached to an aromatic ring is 1. The molecule has 0 radical (unpaired) electrons. The molecule has 7 heteroatoms. The van der Waals surface area contributed by atoms with Crippen LogP contribution >= 0.6 is 23.4 Å². The molecule has 0 bridgehead atoms. The number of ether oxygens (including phenoxy) is 1. The Bertz CT molecular complexity index is 535. The zero-order valence-electron chi connectivity index (χ0n) is 9.55. The van der Waals surface area contributed by atoms with Crippen molar-refractivity contribution in [2.75, 3.05) is 12.5 Å². The van der Waals surface area contributed by atoms with Crippen molar-refractivity contribution >= 4 is 29.3 Å². The Morgan fingerprint density at radius 1 is 1.33 bits per heavy atom. The number of aromatic nitrogens is 2. The molecule has 3 N–H and O–H groups in total. The van der Waals surface area contributed by atoms with E-state index in [-0.39, 0.29) is 0 Å². The van der Waals surface area contributed by atoms with Crippen LogP contribution in [0, 0.1) is 0 Å². The van der Waals surface area contributed by atoms with Gasteiger partial charge in [-0.1, -0.05) is 23.4 Å². The third-order valence-electron chi connectivity index (χ3n) is 2.11. The quantitative estimate of drug-likeness (QED) is 0.510. The third-order valence-corrected chi connectivity index (χ3v) is 3.52. The minimum atomic E-state index is 0.329. The molecule has 1 heterocycles. The van der Waals surface area contributed by atoms with Crippen LogP contribution < -0.4 is 16.0 Å². The van der Waals surface area contributed by atoms with Gasteiger partial charge in [-0.2, -0.15) is 0 Å². The summed E-state index contributed by atoms with van der Waals surface area (Å²) in [7, 11) is 1.63. The summed E-state index contributed by atoms with van der Waals surface area (Å²) in [6.07, 6.45) is 1.51. The number of hydrazine groups is 1. The van der Waals surface area contributed by atoms with Gasteiger partial charge in [0.2, 0.25) is 5.95 Å². The Kier molecular flexibility index (Phi) is 4.24.